The lowest BCUT2D eigenvalue weighted by Gasteiger charge is -2.14. The Bertz CT molecular complexity index is 1510. The van der Waals surface area contributed by atoms with Gasteiger partial charge >= 0.3 is 12.1 Å². The van der Waals surface area contributed by atoms with E-state index in [1.54, 1.807) is 48.7 Å². The molecule has 0 saturated heterocycles. The molecule has 6 nitrogen and oxygen atoms in total. The number of carboxylic acids is 1. The van der Waals surface area contributed by atoms with Gasteiger partial charge in [0.05, 0.1) is 29.6 Å². The average Bonchev–Trinajstić information content (AvgIpc) is 3.26. The summed E-state index contributed by atoms with van der Waals surface area (Å²) in [5, 5.41) is 12.2. The summed E-state index contributed by atoms with van der Waals surface area (Å²) in [7, 11) is 0. The number of carboxylic acid groups (broad SMARTS) is 1. The molecule has 0 bridgehead atoms. The summed E-state index contributed by atoms with van der Waals surface area (Å²) in [6, 6.07) is 12.1. The lowest BCUT2D eigenvalue weighted by atomic mass is 9.99. The van der Waals surface area contributed by atoms with Crippen LogP contribution in [0, 0.1) is 13.8 Å². The predicted molar refractivity (Wildman–Crippen MR) is 136 cm³/mol. The minimum Gasteiger partial charge on any atom is -0.478 e. The first-order valence-corrected chi connectivity index (χ1v) is 11.8. The van der Waals surface area contributed by atoms with Gasteiger partial charge in [0.1, 0.15) is 0 Å². The van der Waals surface area contributed by atoms with Crippen LogP contribution in [-0.4, -0.2) is 39.0 Å². The Morgan fingerprint density at radius 1 is 0.973 bits per heavy atom. The van der Waals surface area contributed by atoms with Crippen LogP contribution >= 0.6 is 0 Å². The van der Waals surface area contributed by atoms with Crippen LogP contribution in [0.3, 0.4) is 0 Å². The molecular weight excluding hydrogens is 483 g/mol. The number of hydrogen-bond acceptors (Lipinski definition) is 4. The Labute approximate surface area is 211 Å². The van der Waals surface area contributed by atoms with Gasteiger partial charge in [-0.05, 0) is 48.7 Å². The molecule has 9 heteroatoms. The van der Waals surface area contributed by atoms with Gasteiger partial charge in [-0.15, -0.1) is 0 Å². The van der Waals surface area contributed by atoms with Crippen molar-refractivity contribution in [2.75, 3.05) is 11.9 Å². The summed E-state index contributed by atoms with van der Waals surface area (Å²) in [5.41, 5.74) is 5.96. The molecule has 4 aromatic rings. The Morgan fingerprint density at radius 2 is 1.62 bits per heavy atom. The number of rotatable bonds is 8. The largest absolute Gasteiger partial charge is 0.478 e. The molecule has 2 aromatic heterocycles. The van der Waals surface area contributed by atoms with Crippen molar-refractivity contribution in [3.8, 4) is 22.4 Å². The van der Waals surface area contributed by atoms with Crippen molar-refractivity contribution in [3.63, 3.8) is 0 Å². The summed E-state index contributed by atoms with van der Waals surface area (Å²) in [6.07, 6.45) is -1.45. The number of ketones is 1. The summed E-state index contributed by atoms with van der Waals surface area (Å²) < 4.78 is 40.2. The van der Waals surface area contributed by atoms with E-state index in [1.165, 1.54) is 6.07 Å². The van der Waals surface area contributed by atoms with Gasteiger partial charge in [0.2, 0.25) is 0 Å². The monoisotopic (exact) mass is 509 g/mol. The molecule has 0 atom stereocenters. The quantitative estimate of drug-likeness (QED) is 0.251. The van der Waals surface area contributed by atoms with Gasteiger partial charge in [0, 0.05) is 35.9 Å². The maximum absolute atomic E-state index is 12.8. The number of hydrogen-bond donors (Lipinski definition) is 2. The second-order valence-corrected chi connectivity index (χ2v) is 8.91. The summed E-state index contributed by atoms with van der Waals surface area (Å²) in [4.78, 5) is 28.1. The number of aromatic carboxylic acids is 1. The Morgan fingerprint density at radius 3 is 2.24 bits per heavy atom. The van der Waals surface area contributed by atoms with Gasteiger partial charge < -0.3 is 10.4 Å². The molecule has 4 rings (SSSR count). The SMILES string of the molecule is CCC(=O)c1ccc(-c2cnc3c(NCCC(F)(F)F)cc(-c4ccc(C(=O)O)c(C)c4)cn23)cc1C. The molecule has 2 heterocycles. The number of carbonyl (C=O) groups is 2. The fourth-order valence-electron chi connectivity index (χ4n) is 4.34. The van der Waals surface area contributed by atoms with Gasteiger partial charge in [0.25, 0.3) is 0 Å². The number of carbonyl (C=O) groups excluding carboxylic acids is 1. The molecule has 0 unspecified atom stereocenters. The minimum atomic E-state index is -4.31. The molecule has 192 valence electrons. The highest BCUT2D eigenvalue weighted by atomic mass is 19.4. The van der Waals surface area contributed by atoms with Crippen molar-refractivity contribution in [3.05, 3.63) is 77.1 Å². The molecule has 2 aromatic carbocycles. The van der Waals surface area contributed by atoms with Gasteiger partial charge in [-0.2, -0.15) is 13.2 Å². The lowest BCUT2D eigenvalue weighted by molar-refractivity contribution is -0.131. The maximum Gasteiger partial charge on any atom is 0.390 e. The molecule has 0 fully saturated rings. The molecule has 37 heavy (non-hydrogen) atoms. The molecule has 0 amide bonds. The van der Waals surface area contributed by atoms with E-state index in [1.807, 2.05) is 25.3 Å². The standard InChI is InChI=1S/C28H26F3N3O3/c1-4-25(35)21-7-6-19(12-16(21)2)24-14-33-26-23(32-10-9-28(29,30)31)13-20(15-34(24)26)18-5-8-22(27(36)37)17(3)11-18/h5-8,11-15,32H,4,9-10H2,1-3H3,(H,36,37). The lowest BCUT2D eigenvalue weighted by Crippen LogP contribution is -2.15. The van der Waals surface area contributed by atoms with Crippen LogP contribution < -0.4 is 5.32 Å². The molecule has 0 aliphatic carbocycles. The van der Waals surface area contributed by atoms with Crippen molar-refractivity contribution < 1.29 is 27.9 Å². The van der Waals surface area contributed by atoms with Crippen LogP contribution in [0.1, 0.15) is 51.6 Å². The van der Waals surface area contributed by atoms with Crippen LogP contribution in [-0.2, 0) is 0 Å². The highest BCUT2D eigenvalue weighted by Crippen LogP contribution is 2.32. The number of anilines is 1. The predicted octanol–water partition coefficient (Wildman–Crippen LogP) is 6.94. The van der Waals surface area contributed by atoms with Crippen molar-refractivity contribution in [1.82, 2.24) is 9.38 Å². The highest BCUT2D eigenvalue weighted by molar-refractivity contribution is 5.97. The number of halogens is 3. The molecule has 0 saturated carbocycles. The fraction of sp³-hybridized carbons (Fsp3) is 0.250. The number of imidazole rings is 1. The number of alkyl halides is 3. The van der Waals surface area contributed by atoms with Gasteiger partial charge in [0.15, 0.2) is 11.4 Å². The molecule has 0 aliphatic rings. The fourth-order valence-corrected chi connectivity index (χ4v) is 4.34. The van der Waals surface area contributed by atoms with E-state index in [9.17, 15) is 27.9 Å². The minimum absolute atomic E-state index is 0.0424. The van der Waals surface area contributed by atoms with Crippen molar-refractivity contribution in [2.45, 2.75) is 39.8 Å². The summed E-state index contributed by atoms with van der Waals surface area (Å²) in [6.45, 7) is 5.03. The van der Waals surface area contributed by atoms with Gasteiger partial charge in [-0.1, -0.05) is 31.2 Å². The second-order valence-electron chi connectivity index (χ2n) is 8.91. The maximum atomic E-state index is 12.8. The number of aromatic nitrogens is 2. The number of fused-ring (bicyclic) bond motifs is 1. The number of pyridine rings is 1. The van der Waals surface area contributed by atoms with Crippen LogP contribution in [0.5, 0.6) is 0 Å². The summed E-state index contributed by atoms with van der Waals surface area (Å²) >= 11 is 0. The van der Waals surface area contributed by atoms with Crippen LogP contribution in [0.2, 0.25) is 0 Å². The summed E-state index contributed by atoms with van der Waals surface area (Å²) in [5.74, 6) is -0.993. The third kappa shape index (κ3) is 5.50. The molecule has 0 aliphatic heterocycles. The Balaban J connectivity index is 1.85. The third-order valence-electron chi connectivity index (χ3n) is 6.26. The Kier molecular flexibility index (Phi) is 7.07. The molecule has 2 N–H and O–H groups in total. The van der Waals surface area contributed by atoms with E-state index < -0.39 is 18.6 Å². The number of aryl methyl sites for hydroxylation is 2. The number of nitrogens with zero attached hydrogens (tertiary/aromatic N) is 2. The van der Waals surface area contributed by atoms with E-state index in [0.717, 1.165) is 11.1 Å². The average molecular weight is 510 g/mol. The van der Waals surface area contributed by atoms with Gasteiger partial charge in [-0.25, -0.2) is 9.78 Å². The number of benzene rings is 2. The van der Waals surface area contributed by atoms with Crippen molar-refractivity contribution in [2.24, 2.45) is 0 Å². The highest BCUT2D eigenvalue weighted by Gasteiger charge is 2.26. The van der Waals surface area contributed by atoms with E-state index >= 15 is 0 Å². The van der Waals surface area contributed by atoms with E-state index in [4.69, 9.17) is 0 Å². The van der Waals surface area contributed by atoms with Crippen LogP contribution in [0.25, 0.3) is 28.0 Å². The zero-order valence-electron chi connectivity index (χ0n) is 20.6. The zero-order chi connectivity index (χ0) is 26.9. The van der Waals surface area contributed by atoms with E-state index in [-0.39, 0.29) is 17.9 Å². The normalized spacial score (nSPS) is 11.6. The first-order valence-electron chi connectivity index (χ1n) is 11.8. The topological polar surface area (TPSA) is 83.7 Å². The molecular formula is C28H26F3N3O3. The molecule has 0 radical (unpaired) electrons. The van der Waals surface area contributed by atoms with Crippen molar-refractivity contribution >= 4 is 23.1 Å². The first kappa shape index (κ1) is 25.9. The van der Waals surface area contributed by atoms with Gasteiger partial charge in [-0.3, -0.25) is 9.20 Å². The number of Topliss-reactive ketones (excluding diaryl/α,β-unsaturated/α-hetero) is 1. The zero-order valence-corrected chi connectivity index (χ0v) is 20.6. The third-order valence-corrected chi connectivity index (χ3v) is 6.26. The smallest absolute Gasteiger partial charge is 0.390 e. The molecule has 0 spiro atoms. The number of nitrogens with one attached hydrogen (secondary N) is 1. The van der Waals surface area contributed by atoms with Crippen molar-refractivity contribution in [1.29, 1.82) is 0 Å². The van der Waals surface area contributed by atoms with Crippen LogP contribution in [0.15, 0.2) is 54.9 Å². The van der Waals surface area contributed by atoms with Crippen LogP contribution in [0.4, 0.5) is 18.9 Å². The van der Waals surface area contributed by atoms with E-state index in [2.05, 4.69) is 10.3 Å². The second kappa shape index (κ2) is 10.1. The Hall–Kier alpha value is -4.14. The first-order chi connectivity index (χ1) is 17.5. The van der Waals surface area contributed by atoms with E-state index in [0.29, 0.717) is 45.7 Å².